The minimum atomic E-state index is -0.715. The monoisotopic (exact) mass is 292 g/mol. The predicted molar refractivity (Wildman–Crippen MR) is 77.0 cm³/mol. The maximum atomic E-state index is 11.8. The van der Waals surface area contributed by atoms with Gasteiger partial charge in [0.15, 0.2) is 0 Å². The molecule has 2 nitrogen and oxygen atoms in total. The molecule has 0 spiro atoms. The summed E-state index contributed by atoms with van der Waals surface area (Å²) in [6.45, 7) is 0. The Morgan fingerprint density at radius 3 is 2.32 bits per heavy atom. The molecule has 1 aliphatic rings. The molecule has 0 atom stereocenters. The van der Waals surface area contributed by atoms with Crippen molar-refractivity contribution in [3.05, 3.63) is 56.7 Å². The third-order valence-electron chi connectivity index (χ3n) is 3.77. The van der Waals surface area contributed by atoms with Gasteiger partial charge in [-0.2, -0.15) is 0 Å². The zero-order chi connectivity index (χ0) is 13.5. The summed E-state index contributed by atoms with van der Waals surface area (Å²) in [6, 6.07) is 11.8. The van der Waals surface area contributed by atoms with Crippen LogP contribution >= 0.6 is 22.9 Å². The van der Waals surface area contributed by atoms with Gasteiger partial charge in [-0.05, 0) is 42.5 Å². The van der Waals surface area contributed by atoms with Crippen molar-refractivity contribution in [1.29, 1.82) is 0 Å². The van der Waals surface area contributed by atoms with Gasteiger partial charge in [0.1, 0.15) is 0 Å². The van der Waals surface area contributed by atoms with Crippen LogP contribution in [0.3, 0.4) is 0 Å². The van der Waals surface area contributed by atoms with Crippen LogP contribution in [0.15, 0.2) is 36.4 Å². The summed E-state index contributed by atoms with van der Waals surface area (Å²) in [7, 11) is 0. The summed E-state index contributed by atoms with van der Waals surface area (Å²) in [5.41, 5.74) is 1.61. The highest BCUT2D eigenvalue weighted by Gasteiger charge is 2.44. The SMILES string of the molecule is O=C(O)C1(Cc2ccc(Cl)s2)Cc2ccccc2C1. The zero-order valence-corrected chi connectivity index (χ0v) is 11.8. The largest absolute Gasteiger partial charge is 0.481 e. The summed E-state index contributed by atoms with van der Waals surface area (Å²) in [5.74, 6) is -0.715. The van der Waals surface area contributed by atoms with Gasteiger partial charge in [-0.3, -0.25) is 4.79 Å². The van der Waals surface area contributed by atoms with Crippen molar-refractivity contribution in [2.45, 2.75) is 19.3 Å². The van der Waals surface area contributed by atoms with E-state index in [0.29, 0.717) is 23.6 Å². The standard InChI is InChI=1S/C15H13ClO2S/c16-13-6-5-12(19-13)9-15(14(17)18)7-10-3-1-2-4-11(10)8-15/h1-6H,7-9H2,(H,17,18). The average Bonchev–Trinajstić information content (AvgIpc) is 2.93. The van der Waals surface area contributed by atoms with E-state index in [4.69, 9.17) is 11.6 Å². The van der Waals surface area contributed by atoms with E-state index >= 15 is 0 Å². The van der Waals surface area contributed by atoms with Crippen LogP contribution in [-0.2, 0) is 24.1 Å². The van der Waals surface area contributed by atoms with Crippen LogP contribution in [0.1, 0.15) is 16.0 Å². The number of hydrogen-bond donors (Lipinski definition) is 1. The predicted octanol–water partition coefficient (Wildman–Crippen LogP) is 3.81. The zero-order valence-electron chi connectivity index (χ0n) is 10.2. The van der Waals surface area contributed by atoms with Crippen molar-refractivity contribution >= 4 is 28.9 Å². The summed E-state index contributed by atoms with van der Waals surface area (Å²) in [5, 5.41) is 9.68. The summed E-state index contributed by atoms with van der Waals surface area (Å²) >= 11 is 7.40. The van der Waals surface area contributed by atoms with Gasteiger partial charge in [0.05, 0.1) is 9.75 Å². The Balaban J connectivity index is 1.93. The Morgan fingerprint density at radius 2 is 1.84 bits per heavy atom. The van der Waals surface area contributed by atoms with Crippen LogP contribution in [0.25, 0.3) is 0 Å². The van der Waals surface area contributed by atoms with Gasteiger partial charge < -0.3 is 5.11 Å². The van der Waals surface area contributed by atoms with Gasteiger partial charge in [-0.25, -0.2) is 0 Å². The van der Waals surface area contributed by atoms with Crippen LogP contribution < -0.4 is 0 Å². The Kier molecular flexibility index (Phi) is 3.11. The molecule has 1 aromatic carbocycles. The second kappa shape index (κ2) is 4.66. The number of carboxylic acids is 1. The van der Waals surface area contributed by atoms with Crippen molar-refractivity contribution < 1.29 is 9.90 Å². The molecule has 19 heavy (non-hydrogen) atoms. The molecular formula is C15H13ClO2S. The molecule has 1 aromatic heterocycles. The molecule has 1 aliphatic carbocycles. The first-order chi connectivity index (χ1) is 9.09. The second-order valence-corrected chi connectivity index (χ2v) is 6.89. The first-order valence-electron chi connectivity index (χ1n) is 6.13. The van der Waals surface area contributed by atoms with Gasteiger partial charge in [-0.15, -0.1) is 11.3 Å². The molecular weight excluding hydrogens is 280 g/mol. The molecule has 1 heterocycles. The van der Waals surface area contributed by atoms with Crippen LogP contribution in [-0.4, -0.2) is 11.1 Å². The molecule has 4 heteroatoms. The van der Waals surface area contributed by atoms with Crippen LogP contribution in [0.5, 0.6) is 0 Å². The second-order valence-electron chi connectivity index (χ2n) is 5.09. The first-order valence-corrected chi connectivity index (χ1v) is 7.33. The minimum Gasteiger partial charge on any atom is -0.481 e. The third-order valence-corrected chi connectivity index (χ3v) is 5.00. The number of benzene rings is 1. The fourth-order valence-electron chi connectivity index (χ4n) is 2.83. The third kappa shape index (κ3) is 2.28. The lowest BCUT2D eigenvalue weighted by Gasteiger charge is -2.23. The quantitative estimate of drug-likeness (QED) is 0.934. The lowest BCUT2D eigenvalue weighted by Crippen LogP contribution is -2.33. The van der Waals surface area contributed by atoms with Gasteiger partial charge >= 0.3 is 5.97 Å². The number of hydrogen-bond acceptors (Lipinski definition) is 2. The molecule has 3 rings (SSSR count). The van der Waals surface area contributed by atoms with E-state index in [-0.39, 0.29) is 0 Å². The van der Waals surface area contributed by atoms with E-state index in [0.717, 1.165) is 16.0 Å². The van der Waals surface area contributed by atoms with Crippen LogP contribution in [0, 0.1) is 5.41 Å². The van der Waals surface area contributed by atoms with Gasteiger partial charge in [-0.1, -0.05) is 35.9 Å². The van der Waals surface area contributed by atoms with Crippen LogP contribution in [0.4, 0.5) is 0 Å². The molecule has 0 unspecified atom stereocenters. The van der Waals surface area contributed by atoms with E-state index < -0.39 is 11.4 Å². The lowest BCUT2D eigenvalue weighted by molar-refractivity contribution is -0.148. The van der Waals surface area contributed by atoms with E-state index in [9.17, 15) is 9.90 Å². The fraction of sp³-hybridized carbons (Fsp3) is 0.267. The maximum Gasteiger partial charge on any atom is 0.310 e. The fourth-order valence-corrected chi connectivity index (χ4v) is 4.06. The Hall–Kier alpha value is -1.32. The summed E-state index contributed by atoms with van der Waals surface area (Å²) < 4.78 is 0.714. The molecule has 98 valence electrons. The lowest BCUT2D eigenvalue weighted by atomic mass is 9.81. The summed E-state index contributed by atoms with van der Waals surface area (Å²) in [4.78, 5) is 12.8. The number of halogens is 1. The maximum absolute atomic E-state index is 11.8. The van der Waals surface area contributed by atoms with Gasteiger partial charge in [0.2, 0.25) is 0 Å². The Labute approximate surface area is 120 Å². The minimum absolute atomic E-state index is 0.550. The van der Waals surface area contributed by atoms with Crippen molar-refractivity contribution in [3.8, 4) is 0 Å². The van der Waals surface area contributed by atoms with E-state index in [1.54, 1.807) is 0 Å². The highest BCUT2D eigenvalue weighted by Crippen LogP contribution is 2.41. The summed E-state index contributed by atoms with van der Waals surface area (Å²) in [6.07, 6.45) is 1.76. The molecule has 1 N–H and O–H groups in total. The number of carboxylic acid groups (broad SMARTS) is 1. The first kappa shape index (κ1) is 12.7. The van der Waals surface area contributed by atoms with Gasteiger partial charge in [0.25, 0.3) is 0 Å². The Morgan fingerprint density at radius 1 is 1.21 bits per heavy atom. The highest BCUT2D eigenvalue weighted by molar-refractivity contribution is 7.16. The Bertz CT molecular complexity index is 608. The average molecular weight is 293 g/mol. The number of fused-ring (bicyclic) bond motifs is 1. The van der Waals surface area contributed by atoms with E-state index in [1.165, 1.54) is 11.3 Å². The molecule has 0 fully saturated rings. The highest BCUT2D eigenvalue weighted by atomic mass is 35.5. The number of carbonyl (C=O) groups is 1. The van der Waals surface area contributed by atoms with Crippen molar-refractivity contribution in [3.63, 3.8) is 0 Å². The number of rotatable bonds is 3. The molecule has 0 saturated heterocycles. The molecule has 0 radical (unpaired) electrons. The van der Waals surface area contributed by atoms with Crippen LogP contribution in [0.2, 0.25) is 4.34 Å². The van der Waals surface area contributed by atoms with E-state index in [1.807, 2.05) is 36.4 Å². The molecule has 0 saturated carbocycles. The molecule has 0 bridgehead atoms. The smallest absolute Gasteiger partial charge is 0.310 e. The number of aliphatic carboxylic acids is 1. The van der Waals surface area contributed by atoms with Crippen molar-refractivity contribution in [2.24, 2.45) is 5.41 Å². The molecule has 2 aromatic rings. The normalized spacial score (nSPS) is 16.3. The topological polar surface area (TPSA) is 37.3 Å². The van der Waals surface area contributed by atoms with Crippen molar-refractivity contribution in [2.75, 3.05) is 0 Å². The van der Waals surface area contributed by atoms with E-state index in [2.05, 4.69) is 0 Å². The van der Waals surface area contributed by atoms with Gasteiger partial charge in [0, 0.05) is 4.88 Å². The molecule has 0 amide bonds. The number of thiophene rings is 1. The van der Waals surface area contributed by atoms with Crippen molar-refractivity contribution in [1.82, 2.24) is 0 Å². The molecule has 0 aliphatic heterocycles.